The Morgan fingerprint density at radius 1 is 1.07 bits per heavy atom. The average Bonchev–Trinajstić information content (AvgIpc) is 2.28. The minimum absolute atomic E-state index is 0.432. The predicted molar refractivity (Wildman–Crippen MR) is 53.4 cm³/mol. The lowest BCUT2D eigenvalue weighted by Gasteiger charge is -2.46. The number of aliphatic carboxylic acids is 1. The molecule has 15 heavy (non-hydrogen) atoms. The number of primary amides is 1. The number of nitrogens with two attached hydrogens (primary N) is 1. The molecule has 0 heterocycles. The Labute approximate surface area is 89.8 Å². The average molecular weight is 212 g/mol. The summed E-state index contributed by atoms with van der Waals surface area (Å²) in [4.78, 5) is 22.6. The summed E-state index contributed by atoms with van der Waals surface area (Å²) in [6, 6.07) is 0. The van der Waals surface area contributed by atoms with Crippen molar-refractivity contribution in [1.82, 2.24) is 0 Å². The van der Waals surface area contributed by atoms with Gasteiger partial charge in [0.15, 0.2) is 0 Å². The SMILES string of the molecule is CC1(C)[C@](C)(C(=O)[O-])CC[C@]1(C)C(N)=O. The lowest BCUT2D eigenvalue weighted by Crippen LogP contribution is -2.53. The van der Waals surface area contributed by atoms with Crippen LogP contribution in [-0.2, 0) is 9.59 Å². The molecule has 1 aliphatic carbocycles. The standard InChI is InChI=1S/C11H19NO3/c1-9(2)10(3,7(12)13)5-6-11(9,4)8(14)15/h5-6H2,1-4H3,(H2,12,13)(H,14,15)/p-1/t10-,11+/m1/s1. The minimum atomic E-state index is -1.10. The van der Waals surface area contributed by atoms with Gasteiger partial charge in [-0.2, -0.15) is 0 Å². The third kappa shape index (κ3) is 1.20. The van der Waals surface area contributed by atoms with Gasteiger partial charge in [0.2, 0.25) is 5.91 Å². The first-order chi connectivity index (χ1) is 6.59. The number of amides is 1. The molecule has 1 amide bonds. The first kappa shape index (κ1) is 12.0. The number of carbonyl (C=O) groups is 2. The van der Waals surface area contributed by atoms with Gasteiger partial charge in [0, 0.05) is 11.4 Å². The fourth-order valence-electron chi connectivity index (χ4n) is 2.52. The Bertz CT molecular complexity index is 294. The van der Waals surface area contributed by atoms with Crippen molar-refractivity contribution in [2.45, 2.75) is 40.5 Å². The summed E-state index contributed by atoms with van der Waals surface area (Å²) in [7, 11) is 0. The Hall–Kier alpha value is -1.06. The Balaban J connectivity index is 3.26. The highest BCUT2D eigenvalue weighted by Crippen LogP contribution is 2.62. The van der Waals surface area contributed by atoms with Crippen LogP contribution in [0.1, 0.15) is 40.5 Å². The van der Waals surface area contributed by atoms with Gasteiger partial charge in [0.05, 0.1) is 5.41 Å². The zero-order valence-electron chi connectivity index (χ0n) is 9.72. The zero-order chi connectivity index (χ0) is 12.1. The van der Waals surface area contributed by atoms with Crippen LogP contribution in [0.2, 0.25) is 0 Å². The van der Waals surface area contributed by atoms with E-state index in [4.69, 9.17) is 5.73 Å². The van der Waals surface area contributed by atoms with E-state index in [1.165, 1.54) is 0 Å². The molecule has 0 aromatic rings. The summed E-state index contributed by atoms with van der Waals surface area (Å²) in [5.74, 6) is -1.53. The Morgan fingerprint density at radius 3 is 1.67 bits per heavy atom. The van der Waals surface area contributed by atoms with E-state index in [1.807, 2.05) is 0 Å². The van der Waals surface area contributed by atoms with Gasteiger partial charge in [-0.15, -0.1) is 0 Å². The largest absolute Gasteiger partial charge is 0.550 e. The van der Waals surface area contributed by atoms with Gasteiger partial charge in [0.25, 0.3) is 0 Å². The number of carboxylic acids is 1. The van der Waals surface area contributed by atoms with Crippen LogP contribution in [0.4, 0.5) is 0 Å². The summed E-state index contributed by atoms with van der Waals surface area (Å²) in [6.45, 7) is 6.93. The van der Waals surface area contributed by atoms with E-state index < -0.39 is 28.1 Å². The second-order valence-corrected chi connectivity index (χ2v) is 5.44. The van der Waals surface area contributed by atoms with E-state index in [1.54, 1.807) is 27.7 Å². The molecule has 0 saturated heterocycles. The topological polar surface area (TPSA) is 83.2 Å². The van der Waals surface area contributed by atoms with Crippen LogP contribution in [0.15, 0.2) is 0 Å². The van der Waals surface area contributed by atoms with Crippen LogP contribution >= 0.6 is 0 Å². The number of rotatable bonds is 2. The molecule has 86 valence electrons. The molecule has 1 fully saturated rings. The summed E-state index contributed by atoms with van der Waals surface area (Å²) in [5, 5.41) is 11.2. The molecule has 1 aliphatic rings. The van der Waals surface area contributed by atoms with Gasteiger partial charge < -0.3 is 15.6 Å². The second kappa shape index (κ2) is 2.97. The predicted octanol–water partition coefficient (Wildman–Crippen LogP) is 0.0542. The minimum Gasteiger partial charge on any atom is -0.550 e. The molecular formula is C11H18NO3-. The molecule has 4 nitrogen and oxygen atoms in total. The van der Waals surface area contributed by atoms with Crippen LogP contribution in [-0.4, -0.2) is 11.9 Å². The van der Waals surface area contributed by atoms with Gasteiger partial charge in [-0.25, -0.2) is 0 Å². The highest BCUT2D eigenvalue weighted by molar-refractivity contribution is 5.85. The monoisotopic (exact) mass is 212 g/mol. The molecule has 0 aliphatic heterocycles. The molecule has 2 atom stereocenters. The van der Waals surface area contributed by atoms with Gasteiger partial charge in [-0.3, -0.25) is 4.79 Å². The van der Waals surface area contributed by atoms with Gasteiger partial charge >= 0.3 is 0 Å². The highest BCUT2D eigenvalue weighted by Gasteiger charge is 2.61. The molecule has 4 heteroatoms. The van der Waals surface area contributed by atoms with Crippen molar-refractivity contribution < 1.29 is 14.7 Å². The van der Waals surface area contributed by atoms with Crippen molar-refractivity contribution in [1.29, 1.82) is 0 Å². The van der Waals surface area contributed by atoms with E-state index in [2.05, 4.69) is 0 Å². The maximum atomic E-state index is 11.5. The molecular weight excluding hydrogens is 194 g/mol. The van der Waals surface area contributed by atoms with Gasteiger partial charge in [-0.05, 0) is 18.3 Å². The Kier molecular flexibility index (Phi) is 2.38. The summed E-state index contributed by atoms with van der Waals surface area (Å²) >= 11 is 0. The summed E-state index contributed by atoms with van der Waals surface area (Å²) in [5.41, 5.74) is 2.92. The van der Waals surface area contributed by atoms with E-state index >= 15 is 0 Å². The summed E-state index contributed by atoms with van der Waals surface area (Å²) < 4.78 is 0. The van der Waals surface area contributed by atoms with Crippen LogP contribution in [0, 0.1) is 16.2 Å². The van der Waals surface area contributed by atoms with Crippen LogP contribution < -0.4 is 10.8 Å². The smallest absolute Gasteiger partial charge is 0.223 e. The number of hydrogen-bond acceptors (Lipinski definition) is 3. The first-order valence-corrected chi connectivity index (χ1v) is 5.11. The molecule has 0 radical (unpaired) electrons. The fourth-order valence-corrected chi connectivity index (χ4v) is 2.52. The van der Waals surface area contributed by atoms with Crippen LogP contribution in [0.5, 0.6) is 0 Å². The van der Waals surface area contributed by atoms with E-state index in [9.17, 15) is 14.7 Å². The van der Waals surface area contributed by atoms with E-state index in [-0.39, 0.29) is 0 Å². The lowest BCUT2D eigenvalue weighted by molar-refractivity contribution is -0.323. The van der Waals surface area contributed by atoms with Crippen LogP contribution in [0.3, 0.4) is 0 Å². The summed E-state index contributed by atoms with van der Waals surface area (Å²) in [6.07, 6.45) is 0.932. The molecule has 0 aromatic heterocycles. The van der Waals surface area contributed by atoms with Gasteiger partial charge in [0.1, 0.15) is 0 Å². The van der Waals surface area contributed by atoms with Crippen molar-refractivity contribution >= 4 is 11.9 Å². The van der Waals surface area contributed by atoms with Gasteiger partial charge in [-0.1, -0.05) is 27.7 Å². The highest BCUT2D eigenvalue weighted by atomic mass is 16.4. The normalized spacial score (nSPS) is 38.9. The maximum absolute atomic E-state index is 11.5. The first-order valence-electron chi connectivity index (χ1n) is 5.11. The van der Waals surface area contributed by atoms with Crippen LogP contribution in [0.25, 0.3) is 0 Å². The number of carbonyl (C=O) groups excluding carboxylic acids is 2. The number of hydrogen-bond donors (Lipinski definition) is 1. The fraction of sp³-hybridized carbons (Fsp3) is 0.818. The second-order valence-electron chi connectivity index (χ2n) is 5.44. The number of carboxylic acid groups (broad SMARTS) is 1. The molecule has 2 N–H and O–H groups in total. The van der Waals surface area contributed by atoms with Crippen molar-refractivity contribution in [3.05, 3.63) is 0 Å². The van der Waals surface area contributed by atoms with Crippen molar-refractivity contribution in [3.8, 4) is 0 Å². The van der Waals surface area contributed by atoms with E-state index in [0.29, 0.717) is 12.8 Å². The van der Waals surface area contributed by atoms with Crippen molar-refractivity contribution in [2.75, 3.05) is 0 Å². The van der Waals surface area contributed by atoms with E-state index in [0.717, 1.165) is 0 Å². The third-order valence-electron chi connectivity index (χ3n) is 4.88. The molecule has 0 bridgehead atoms. The molecule has 1 rings (SSSR count). The molecule has 0 unspecified atom stereocenters. The zero-order valence-corrected chi connectivity index (χ0v) is 9.72. The third-order valence-corrected chi connectivity index (χ3v) is 4.88. The lowest BCUT2D eigenvalue weighted by atomic mass is 9.59. The quantitative estimate of drug-likeness (QED) is 0.702. The van der Waals surface area contributed by atoms with Crippen molar-refractivity contribution in [2.24, 2.45) is 22.0 Å². The Morgan fingerprint density at radius 2 is 1.47 bits per heavy atom. The molecule has 0 aromatic carbocycles. The molecule has 0 spiro atoms. The maximum Gasteiger partial charge on any atom is 0.223 e. The molecule has 1 saturated carbocycles. The van der Waals surface area contributed by atoms with Crippen molar-refractivity contribution in [3.63, 3.8) is 0 Å².